The zero-order valence-corrected chi connectivity index (χ0v) is 8.62. The van der Waals surface area contributed by atoms with E-state index in [1.807, 2.05) is 11.8 Å². The van der Waals surface area contributed by atoms with Gasteiger partial charge in [-0.05, 0) is 39.0 Å². The van der Waals surface area contributed by atoms with Crippen LogP contribution in [0.15, 0.2) is 0 Å². The van der Waals surface area contributed by atoms with Gasteiger partial charge in [-0.1, -0.05) is 0 Å². The van der Waals surface area contributed by atoms with Crippen molar-refractivity contribution in [3.8, 4) is 0 Å². The van der Waals surface area contributed by atoms with Crippen molar-refractivity contribution in [3.63, 3.8) is 0 Å². The minimum atomic E-state index is -0.510. The van der Waals surface area contributed by atoms with E-state index in [4.69, 9.17) is 0 Å². The quantitative estimate of drug-likeness (QED) is 0.675. The summed E-state index contributed by atoms with van der Waals surface area (Å²) in [5, 5.41) is 9.64. The van der Waals surface area contributed by atoms with Crippen LogP contribution in [0.3, 0.4) is 0 Å². The molecule has 2 saturated carbocycles. The Morgan fingerprint density at radius 2 is 2.00 bits per heavy atom. The first kappa shape index (κ1) is 8.72. The number of carbonyl (C=O) groups excluding carboxylic acids is 1. The lowest BCUT2D eigenvalue weighted by Crippen LogP contribution is -2.54. The molecule has 0 aromatic rings. The highest BCUT2D eigenvalue weighted by Crippen LogP contribution is 2.55. The van der Waals surface area contributed by atoms with Gasteiger partial charge in [0.1, 0.15) is 0 Å². The third-order valence-electron chi connectivity index (χ3n) is 4.19. The fraction of sp³-hybridized carbons (Fsp3) is 0.909. The van der Waals surface area contributed by atoms with Crippen LogP contribution >= 0.6 is 0 Å². The van der Waals surface area contributed by atoms with Gasteiger partial charge in [-0.25, -0.2) is 0 Å². The molecule has 0 atom stereocenters. The van der Waals surface area contributed by atoms with Gasteiger partial charge in [-0.3, -0.25) is 4.79 Å². The summed E-state index contributed by atoms with van der Waals surface area (Å²) in [6, 6.07) is 0.331. The van der Waals surface area contributed by atoms with E-state index in [1.165, 1.54) is 0 Å². The molecule has 0 aromatic heterocycles. The average molecular weight is 195 g/mol. The summed E-state index contributed by atoms with van der Waals surface area (Å²) < 4.78 is 0. The van der Waals surface area contributed by atoms with Crippen molar-refractivity contribution in [2.24, 2.45) is 5.41 Å². The van der Waals surface area contributed by atoms with E-state index in [-0.39, 0.29) is 5.41 Å². The molecule has 0 bridgehead atoms. The van der Waals surface area contributed by atoms with Crippen LogP contribution in [0.5, 0.6) is 0 Å². The summed E-state index contributed by atoms with van der Waals surface area (Å²) >= 11 is 0. The SMILES string of the molecule is CC1(O)CC(N2CCC3(CC3)C2=O)C1. The van der Waals surface area contributed by atoms with Gasteiger partial charge < -0.3 is 10.0 Å². The highest BCUT2D eigenvalue weighted by Gasteiger charge is 2.58. The summed E-state index contributed by atoms with van der Waals surface area (Å²) in [6.07, 6.45) is 4.81. The van der Waals surface area contributed by atoms with Gasteiger partial charge in [0.05, 0.1) is 11.0 Å². The molecule has 14 heavy (non-hydrogen) atoms. The highest BCUT2D eigenvalue weighted by molar-refractivity contribution is 5.87. The Labute approximate surface area is 84.1 Å². The van der Waals surface area contributed by atoms with Gasteiger partial charge in [0.2, 0.25) is 5.91 Å². The minimum absolute atomic E-state index is 0.0709. The zero-order chi connectivity index (χ0) is 9.97. The van der Waals surface area contributed by atoms with Gasteiger partial charge in [0.15, 0.2) is 0 Å². The predicted molar refractivity (Wildman–Crippen MR) is 51.6 cm³/mol. The summed E-state index contributed by atoms with van der Waals surface area (Å²) in [5.41, 5.74) is -0.439. The molecule has 1 aliphatic heterocycles. The number of aliphatic hydroxyl groups is 1. The maximum atomic E-state index is 12.0. The topological polar surface area (TPSA) is 40.5 Å². The fourth-order valence-corrected chi connectivity index (χ4v) is 2.99. The Morgan fingerprint density at radius 1 is 1.36 bits per heavy atom. The van der Waals surface area contributed by atoms with E-state index in [0.29, 0.717) is 11.9 Å². The monoisotopic (exact) mass is 195 g/mol. The Kier molecular flexibility index (Phi) is 1.45. The number of rotatable bonds is 1. The molecule has 3 fully saturated rings. The lowest BCUT2D eigenvalue weighted by Gasteiger charge is -2.45. The van der Waals surface area contributed by atoms with Crippen LogP contribution in [-0.4, -0.2) is 34.1 Å². The Bertz CT molecular complexity index is 286. The zero-order valence-electron chi connectivity index (χ0n) is 8.62. The third-order valence-corrected chi connectivity index (χ3v) is 4.19. The fourth-order valence-electron chi connectivity index (χ4n) is 2.99. The number of hydrogen-bond donors (Lipinski definition) is 1. The van der Waals surface area contributed by atoms with Crippen molar-refractivity contribution in [2.45, 2.75) is 50.7 Å². The lowest BCUT2D eigenvalue weighted by molar-refractivity contribution is -0.142. The van der Waals surface area contributed by atoms with Crippen molar-refractivity contribution >= 4 is 5.91 Å². The molecule has 1 spiro atoms. The largest absolute Gasteiger partial charge is 0.390 e. The number of hydrogen-bond acceptors (Lipinski definition) is 2. The van der Waals surface area contributed by atoms with E-state index < -0.39 is 5.60 Å². The molecule has 0 unspecified atom stereocenters. The first-order chi connectivity index (χ1) is 6.53. The summed E-state index contributed by atoms with van der Waals surface area (Å²) in [5.74, 6) is 0.373. The number of amides is 1. The van der Waals surface area contributed by atoms with E-state index in [0.717, 1.165) is 38.6 Å². The average Bonchev–Trinajstić information content (AvgIpc) is 2.75. The van der Waals surface area contributed by atoms with Crippen LogP contribution < -0.4 is 0 Å². The third kappa shape index (κ3) is 1.05. The Morgan fingerprint density at radius 3 is 2.43 bits per heavy atom. The highest BCUT2D eigenvalue weighted by atomic mass is 16.3. The summed E-state index contributed by atoms with van der Waals surface area (Å²) in [4.78, 5) is 14.0. The molecule has 3 rings (SSSR count). The molecule has 3 heteroatoms. The maximum Gasteiger partial charge on any atom is 0.229 e. The Balaban J connectivity index is 1.68. The van der Waals surface area contributed by atoms with Gasteiger partial charge in [-0.15, -0.1) is 0 Å². The maximum absolute atomic E-state index is 12.0. The van der Waals surface area contributed by atoms with E-state index in [1.54, 1.807) is 0 Å². The molecular formula is C11H17NO2. The second kappa shape index (κ2) is 2.32. The molecule has 3 aliphatic rings. The first-order valence-corrected chi connectivity index (χ1v) is 5.56. The van der Waals surface area contributed by atoms with E-state index in [9.17, 15) is 9.90 Å². The van der Waals surface area contributed by atoms with Crippen molar-refractivity contribution in [1.29, 1.82) is 0 Å². The molecule has 1 amide bonds. The molecule has 2 aliphatic carbocycles. The number of likely N-dealkylation sites (tertiary alicyclic amines) is 1. The molecule has 3 nitrogen and oxygen atoms in total. The molecule has 1 N–H and O–H groups in total. The van der Waals surface area contributed by atoms with Crippen LogP contribution in [0, 0.1) is 5.41 Å². The molecule has 0 aromatic carbocycles. The van der Waals surface area contributed by atoms with Crippen LogP contribution in [-0.2, 0) is 4.79 Å². The molecular weight excluding hydrogens is 178 g/mol. The van der Waals surface area contributed by atoms with E-state index >= 15 is 0 Å². The molecule has 1 heterocycles. The minimum Gasteiger partial charge on any atom is -0.390 e. The predicted octanol–water partition coefficient (Wildman–Crippen LogP) is 0.912. The number of nitrogens with zero attached hydrogens (tertiary/aromatic N) is 1. The smallest absolute Gasteiger partial charge is 0.229 e. The van der Waals surface area contributed by atoms with Gasteiger partial charge in [0, 0.05) is 12.6 Å². The van der Waals surface area contributed by atoms with E-state index in [2.05, 4.69) is 0 Å². The lowest BCUT2D eigenvalue weighted by atomic mass is 9.76. The van der Waals surface area contributed by atoms with Crippen molar-refractivity contribution in [2.75, 3.05) is 6.54 Å². The van der Waals surface area contributed by atoms with Crippen molar-refractivity contribution in [1.82, 2.24) is 4.90 Å². The van der Waals surface area contributed by atoms with Crippen LogP contribution in [0.2, 0.25) is 0 Å². The Hall–Kier alpha value is -0.570. The van der Waals surface area contributed by atoms with Crippen LogP contribution in [0.4, 0.5) is 0 Å². The van der Waals surface area contributed by atoms with Crippen molar-refractivity contribution in [3.05, 3.63) is 0 Å². The van der Waals surface area contributed by atoms with Gasteiger partial charge in [0.25, 0.3) is 0 Å². The first-order valence-electron chi connectivity index (χ1n) is 5.56. The summed E-state index contributed by atoms with van der Waals surface area (Å²) in [6.45, 7) is 2.79. The van der Waals surface area contributed by atoms with Crippen molar-refractivity contribution < 1.29 is 9.90 Å². The van der Waals surface area contributed by atoms with Gasteiger partial charge in [-0.2, -0.15) is 0 Å². The molecule has 1 saturated heterocycles. The number of carbonyl (C=O) groups is 1. The second-order valence-electron chi connectivity index (χ2n) is 5.59. The van der Waals surface area contributed by atoms with Crippen LogP contribution in [0.1, 0.15) is 39.0 Å². The van der Waals surface area contributed by atoms with Gasteiger partial charge >= 0.3 is 0 Å². The summed E-state index contributed by atoms with van der Waals surface area (Å²) in [7, 11) is 0. The molecule has 78 valence electrons. The standard InChI is InChI=1S/C11H17NO2/c1-10(14)6-8(7-10)12-5-4-11(2-3-11)9(12)13/h8,14H,2-7H2,1H3. The second-order valence-corrected chi connectivity index (χ2v) is 5.59. The van der Waals surface area contributed by atoms with Crippen LogP contribution in [0.25, 0.3) is 0 Å². The molecule has 0 radical (unpaired) electrons. The normalized spacial score (nSPS) is 44.3.